The molecule has 1 atom stereocenters. The normalized spacial score (nSPS) is 12.6. The fourth-order valence-corrected chi connectivity index (χ4v) is 1.68. The second-order valence-corrected chi connectivity index (χ2v) is 4.57. The number of aliphatic hydroxyl groups is 1. The van der Waals surface area contributed by atoms with Crippen molar-refractivity contribution in [2.75, 3.05) is 17.6 Å². The van der Waals surface area contributed by atoms with E-state index in [1.54, 1.807) is 24.3 Å². The molecule has 0 spiro atoms. The molecule has 0 fully saturated rings. The van der Waals surface area contributed by atoms with Crippen molar-refractivity contribution in [2.45, 2.75) is 6.10 Å². The summed E-state index contributed by atoms with van der Waals surface area (Å²) in [5, 5.41) is 12.0. The Morgan fingerprint density at radius 1 is 1.31 bits per heavy atom. The largest absolute Gasteiger partial charge is 1.00 e. The zero-order valence-electron chi connectivity index (χ0n) is 8.96. The SMILES string of the molecule is O=S(=O)([O-])CC(O)CNc1ccccc1.[Na+]. The van der Waals surface area contributed by atoms with Crippen molar-refractivity contribution in [3.63, 3.8) is 0 Å². The van der Waals surface area contributed by atoms with Crippen LogP contribution < -0.4 is 34.9 Å². The number of para-hydroxylation sites is 1. The fourth-order valence-electron chi connectivity index (χ4n) is 1.09. The van der Waals surface area contributed by atoms with E-state index in [1.165, 1.54) is 0 Å². The number of anilines is 1. The number of aliphatic hydroxyl groups excluding tert-OH is 1. The van der Waals surface area contributed by atoms with E-state index in [0.717, 1.165) is 5.69 Å². The van der Waals surface area contributed by atoms with E-state index in [-0.39, 0.29) is 36.1 Å². The summed E-state index contributed by atoms with van der Waals surface area (Å²) in [6, 6.07) is 9.00. The Bertz CT molecular complexity index is 395. The van der Waals surface area contributed by atoms with E-state index < -0.39 is 22.0 Å². The molecule has 16 heavy (non-hydrogen) atoms. The van der Waals surface area contributed by atoms with Gasteiger partial charge in [-0.2, -0.15) is 0 Å². The Morgan fingerprint density at radius 3 is 2.38 bits per heavy atom. The summed E-state index contributed by atoms with van der Waals surface area (Å²) in [6.07, 6.45) is -1.19. The van der Waals surface area contributed by atoms with Gasteiger partial charge >= 0.3 is 29.6 Å². The van der Waals surface area contributed by atoms with Crippen molar-refractivity contribution in [3.05, 3.63) is 30.3 Å². The zero-order chi connectivity index (χ0) is 11.3. The van der Waals surface area contributed by atoms with E-state index in [1.807, 2.05) is 6.07 Å². The van der Waals surface area contributed by atoms with Gasteiger partial charge in [-0.1, -0.05) is 18.2 Å². The molecule has 0 amide bonds. The molecule has 1 aromatic rings. The van der Waals surface area contributed by atoms with Gasteiger partial charge in [-0.3, -0.25) is 0 Å². The standard InChI is InChI=1S/C9H13NO4S.Na/c11-9(7-15(12,13)14)6-10-8-4-2-1-3-5-8;/h1-5,9-11H,6-7H2,(H,12,13,14);/q;+1/p-1. The Hall–Kier alpha value is -0.110. The number of nitrogens with one attached hydrogen (secondary N) is 1. The molecule has 0 saturated heterocycles. The summed E-state index contributed by atoms with van der Waals surface area (Å²) in [6.45, 7) is 0.0332. The zero-order valence-corrected chi connectivity index (χ0v) is 11.8. The monoisotopic (exact) mass is 253 g/mol. The van der Waals surface area contributed by atoms with Gasteiger partial charge in [0, 0.05) is 12.2 Å². The van der Waals surface area contributed by atoms with Gasteiger partial charge in [0.15, 0.2) is 0 Å². The molecule has 2 N–H and O–H groups in total. The molecule has 1 aromatic carbocycles. The minimum absolute atomic E-state index is 0. The van der Waals surface area contributed by atoms with Crippen molar-refractivity contribution in [1.82, 2.24) is 0 Å². The smallest absolute Gasteiger partial charge is 0.748 e. The van der Waals surface area contributed by atoms with Crippen LogP contribution in [0.5, 0.6) is 0 Å². The van der Waals surface area contributed by atoms with Crippen LogP contribution in [-0.4, -0.2) is 36.5 Å². The van der Waals surface area contributed by atoms with Crippen LogP contribution in [0, 0.1) is 0 Å². The van der Waals surface area contributed by atoms with Crippen LogP contribution >= 0.6 is 0 Å². The van der Waals surface area contributed by atoms with Crippen LogP contribution in [0.25, 0.3) is 0 Å². The first kappa shape index (κ1) is 15.9. The van der Waals surface area contributed by atoms with Crippen LogP contribution in [0.1, 0.15) is 0 Å². The number of hydrogen-bond donors (Lipinski definition) is 2. The summed E-state index contributed by atoms with van der Waals surface area (Å²) in [4.78, 5) is 0. The van der Waals surface area contributed by atoms with Crippen molar-refractivity contribution < 1.29 is 47.6 Å². The number of rotatable bonds is 5. The van der Waals surface area contributed by atoms with Gasteiger partial charge in [0.05, 0.1) is 22.0 Å². The predicted octanol–water partition coefficient (Wildman–Crippen LogP) is -2.99. The van der Waals surface area contributed by atoms with Crippen LogP contribution in [0.15, 0.2) is 30.3 Å². The van der Waals surface area contributed by atoms with Crippen LogP contribution in [-0.2, 0) is 10.1 Å². The Morgan fingerprint density at radius 2 is 1.88 bits per heavy atom. The molecule has 0 saturated carbocycles. The van der Waals surface area contributed by atoms with Gasteiger partial charge in [-0.25, -0.2) is 8.42 Å². The first-order valence-corrected chi connectivity index (χ1v) is 5.95. The van der Waals surface area contributed by atoms with Crippen LogP contribution in [0.4, 0.5) is 5.69 Å². The summed E-state index contributed by atoms with van der Waals surface area (Å²) in [7, 11) is -4.37. The van der Waals surface area contributed by atoms with Crippen molar-refractivity contribution in [1.29, 1.82) is 0 Å². The van der Waals surface area contributed by atoms with Gasteiger partial charge in [-0.15, -0.1) is 0 Å². The molecule has 5 nitrogen and oxygen atoms in total. The Labute approximate surface area is 117 Å². The van der Waals surface area contributed by atoms with Gasteiger partial charge in [0.2, 0.25) is 0 Å². The average Bonchev–Trinajstić information content (AvgIpc) is 2.14. The molecule has 0 aromatic heterocycles. The fraction of sp³-hybridized carbons (Fsp3) is 0.333. The quantitative estimate of drug-likeness (QED) is 0.431. The van der Waals surface area contributed by atoms with Crippen LogP contribution in [0.3, 0.4) is 0 Å². The second-order valence-electron chi connectivity index (χ2n) is 3.13. The van der Waals surface area contributed by atoms with Gasteiger partial charge in [0.1, 0.15) is 0 Å². The summed E-state index contributed by atoms with van der Waals surface area (Å²) in [5.41, 5.74) is 0.764. The Kier molecular flexibility index (Phi) is 7.21. The molecule has 1 unspecified atom stereocenters. The van der Waals surface area contributed by atoms with Gasteiger partial charge in [-0.05, 0) is 12.1 Å². The Balaban J connectivity index is 0.00000225. The summed E-state index contributed by atoms with van der Waals surface area (Å²) in [5.74, 6) is -0.771. The van der Waals surface area contributed by atoms with Crippen molar-refractivity contribution in [2.24, 2.45) is 0 Å². The average molecular weight is 253 g/mol. The number of benzene rings is 1. The summed E-state index contributed by atoms with van der Waals surface area (Å²) < 4.78 is 30.9. The molecule has 0 radical (unpaired) electrons. The van der Waals surface area contributed by atoms with Gasteiger partial charge < -0.3 is 15.0 Å². The molecule has 0 aliphatic rings. The minimum atomic E-state index is -4.37. The third-order valence-electron chi connectivity index (χ3n) is 1.71. The molecular formula is C9H12NNaO4S. The molecule has 1 rings (SSSR count). The molecular weight excluding hydrogens is 241 g/mol. The van der Waals surface area contributed by atoms with E-state index in [0.29, 0.717) is 0 Å². The van der Waals surface area contributed by atoms with E-state index in [4.69, 9.17) is 0 Å². The molecule has 0 heterocycles. The minimum Gasteiger partial charge on any atom is -0.748 e. The van der Waals surface area contributed by atoms with Crippen molar-refractivity contribution in [3.8, 4) is 0 Å². The molecule has 7 heteroatoms. The maximum atomic E-state index is 10.3. The molecule has 0 bridgehead atoms. The first-order chi connectivity index (χ1) is 6.97. The third-order valence-corrected chi connectivity index (χ3v) is 2.51. The third kappa shape index (κ3) is 7.21. The summed E-state index contributed by atoms with van der Waals surface area (Å²) >= 11 is 0. The van der Waals surface area contributed by atoms with E-state index >= 15 is 0 Å². The van der Waals surface area contributed by atoms with Gasteiger partial charge in [0.25, 0.3) is 0 Å². The second kappa shape index (κ2) is 7.26. The topological polar surface area (TPSA) is 89.5 Å². The van der Waals surface area contributed by atoms with E-state index in [9.17, 15) is 18.1 Å². The predicted molar refractivity (Wildman–Crippen MR) is 55.5 cm³/mol. The number of hydrogen-bond acceptors (Lipinski definition) is 5. The van der Waals surface area contributed by atoms with E-state index in [2.05, 4.69) is 5.32 Å². The maximum absolute atomic E-state index is 10.3. The van der Waals surface area contributed by atoms with Crippen LogP contribution in [0.2, 0.25) is 0 Å². The molecule has 84 valence electrons. The van der Waals surface area contributed by atoms with Crippen molar-refractivity contribution >= 4 is 15.8 Å². The molecule has 0 aliphatic carbocycles. The first-order valence-electron chi connectivity index (χ1n) is 4.38. The maximum Gasteiger partial charge on any atom is 1.00 e. The molecule has 0 aliphatic heterocycles.